The molecule has 4 nitrogen and oxygen atoms in total. The normalized spacial score (nSPS) is 15.8. The zero-order chi connectivity index (χ0) is 17.0. The van der Waals surface area contributed by atoms with Crippen molar-refractivity contribution in [3.8, 4) is 0 Å². The zero-order valence-electron chi connectivity index (χ0n) is 15.5. The molecule has 0 saturated carbocycles. The van der Waals surface area contributed by atoms with Crippen molar-refractivity contribution in [2.24, 2.45) is 4.99 Å². The summed E-state index contributed by atoms with van der Waals surface area (Å²) in [6.45, 7) is 11.6. The number of hydrogen-bond acceptors (Lipinski definition) is 2. The maximum atomic E-state index is 4.66. The van der Waals surface area contributed by atoms with E-state index in [1.807, 2.05) is 6.08 Å². The summed E-state index contributed by atoms with van der Waals surface area (Å²) < 4.78 is 0. The average Bonchev–Trinajstić information content (AvgIpc) is 2.86. The number of nitrogens with zero attached hydrogens (tertiary/aromatic N) is 2. The van der Waals surface area contributed by atoms with Crippen molar-refractivity contribution in [3.05, 3.63) is 48.0 Å². The number of benzene rings is 1. The van der Waals surface area contributed by atoms with E-state index in [4.69, 9.17) is 0 Å². The molecule has 1 saturated heterocycles. The van der Waals surface area contributed by atoms with Crippen LogP contribution in [0.25, 0.3) is 0 Å². The minimum Gasteiger partial charge on any atom is -0.357 e. The Bertz CT molecular complexity index is 522. The van der Waals surface area contributed by atoms with Crippen LogP contribution >= 0.6 is 24.0 Å². The summed E-state index contributed by atoms with van der Waals surface area (Å²) >= 11 is 0. The third-order valence-electron chi connectivity index (χ3n) is 4.27. The van der Waals surface area contributed by atoms with E-state index < -0.39 is 0 Å². The molecular weight excluding hydrogens is 423 g/mol. The highest BCUT2D eigenvalue weighted by molar-refractivity contribution is 14.0. The summed E-state index contributed by atoms with van der Waals surface area (Å²) in [7, 11) is 0. The lowest BCUT2D eigenvalue weighted by Crippen LogP contribution is -2.37. The second-order valence-corrected chi connectivity index (χ2v) is 6.38. The molecule has 0 amide bonds. The summed E-state index contributed by atoms with van der Waals surface area (Å²) in [5.41, 5.74) is 2.66. The highest BCUT2D eigenvalue weighted by atomic mass is 127. The SMILES string of the molecule is C=CCNC(=NCc1cccc(CN2CCCCCC2)c1)NCC.I. The molecule has 0 radical (unpaired) electrons. The fraction of sp³-hybridized carbons (Fsp3) is 0.550. The molecule has 2 N–H and O–H groups in total. The third kappa shape index (κ3) is 8.72. The summed E-state index contributed by atoms with van der Waals surface area (Å²) in [6, 6.07) is 8.85. The van der Waals surface area contributed by atoms with Crippen LogP contribution in [0.3, 0.4) is 0 Å². The molecule has 2 rings (SSSR count). The lowest BCUT2D eigenvalue weighted by atomic mass is 10.1. The van der Waals surface area contributed by atoms with Crippen molar-refractivity contribution in [3.63, 3.8) is 0 Å². The van der Waals surface area contributed by atoms with Crippen molar-refractivity contribution in [2.75, 3.05) is 26.2 Å². The van der Waals surface area contributed by atoms with Gasteiger partial charge in [-0.1, -0.05) is 43.2 Å². The molecule has 5 heteroatoms. The van der Waals surface area contributed by atoms with E-state index in [0.717, 1.165) is 25.6 Å². The zero-order valence-corrected chi connectivity index (χ0v) is 17.8. The molecule has 140 valence electrons. The molecule has 1 aromatic carbocycles. The van der Waals surface area contributed by atoms with Crippen LogP contribution in [0.4, 0.5) is 0 Å². The van der Waals surface area contributed by atoms with E-state index in [1.165, 1.54) is 49.9 Å². The monoisotopic (exact) mass is 456 g/mol. The Morgan fingerprint density at radius 1 is 1.16 bits per heavy atom. The molecule has 0 spiro atoms. The van der Waals surface area contributed by atoms with Gasteiger partial charge in [0.05, 0.1) is 6.54 Å². The number of hydrogen-bond donors (Lipinski definition) is 2. The summed E-state index contributed by atoms with van der Waals surface area (Å²) in [5, 5.41) is 6.50. The molecule has 1 aliphatic heterocycles. The fourth-order valence-corrected chi connectivity index (χ4v) is 3.06. The van der Waals surface area contributed by atoms with Crippen LogP contribution in [-0.4, -0.2) is 37.0 Å². The number of guanidine groups is 1. The van der Waals surface area contributed by atoms with E-state index in [0.29, 0.717) is 6.54 Å². The van der Waals surface area contributed by atoms with E-state index in [2.05, 4.69) is 58.3 Å². The Morgan fingerprint density at radius 2 is 1.88 bits per heavy atom. The maximum absolute atomic E-state index is 4.66. The minimum absolute atomic E-state index is 0. The first kappa shape index (κ1) is 22.0. The minimum atomic E-state index is 0. The number of halogens is 1. The molecule has 0 aliphatic carbocycles. The van der Waals surface area contributed by atoms with Gasteiger partial charge in [0.2, 0.25) is 0 Å². The Kier molecular flexibility index (Phi) is 11.6. The Labute approximate surface area is 170 Å². The predicted molar refractivity (Wildman–Crippen MR) is 119 cm³/mol. The Morgan fingerprint density at radius 3 is 2.56 bits per heavy atom. The van der Waals surface area contributed by atoms with Crippen molar-refractivity contribution in [1.82, 2.24) is 15.5 Å². The highest BCUT2D eigenvalue weighted by Gasteiger charge is 2.09. The molecule has 1 heterocycles. The number of nitrogens with one attached hydrogen (secondary N) is 2. The average molecular weight is 456 g/mol. The lowest BCUT2D eigenvalue weighted by molar-refractivity contribution is 0.277. The Balaban J connectivity index is 0.00000312. The number of rotatable bonds is 7. The lowest BCUT2D eigenvalue weighted by Gasteiger charge is -2.20. The van der Waals surface area contributed by atoms with Crippen LogP contribution in [0, 0.1) is 0 Å². The van der Waals surface area contributed by atoms with E-state index >= 15 is 0 Å². The second kappa shape index (κ2) is 13.2. The van der Waals surface area contributed by atoms with Gasteiger partial charge in [0, 0.05) is 19.6 Å². The number of likely N-dealkylation sites (tertiary alicyclic amines) is 1. The van der Waals surface area contributed by atoms with Gasteiger partial charge in [-0.05, 0) is 44.0 Å². The van der Waals surface area contributed by atoms with Crippen molar-refractivity contribution in [1.29, 1.82) is 0 Å². The van der Waals surface area contributed by atoms with Crippen LogP contribution in [0.1, 0.15) is 43.7 Å². The first-order chi connectivity index (χ1) is 11.8. The molecule has 0 atom stereocenters. The van der Waals surface area contributed by atoms with Crippen LogP contribution < -0.4 is 10.6 Å². The van der Waals surface area contributed by atoms with Gasteiger partial charge in [-0.25, -0.2) is 4.99 Å². The second-order valence-electron chi connectivity index (χ2n) is 6.38. The molecule has 25 heavy (non-hydrogen) atoms. The fourth-order valence-electron chi connectivity index (χ4n) is 3.06. The molecule has 1 fully saturated rings. The molecule has 0 unspecified atom stereocenters. The van der Waals surface area contributed by atoms with Crippen LogP contribution in [0.2, 0.25) is 0 Å². The first-order valence-corrected chi connectivity index (χ1v) is 9.25. The van der Waals surface area contributed by atoms with Crippen LogP contribution in [0.15, 0.2) is 41.9 Å². The maximum Gasteiger partial charge on any atom is 0.191 e. The third-order valence-corrected chi connectivity index (χ3v) is 4.27. The summed E-state index contributed by atoms with van der Waals surface area (Å²) in [4.78, 5) is 7.25. The quantitative estimate of drug-likeness (QED) is 0.283. The summed E-state index contributed by atoms with van der Waals surface area (Å²) in [6.07, 6.45) is 7.29. The molecular formula is C20H33IN4. The summed E-state index contributed by atoms with van der Waals surface area (Å²) in [5.74, 6) is 0.843. The largest absolute Gasteiger partial charge is 0.357 e. The number of aliphatic imine (C=N–C) groups is 1. The molecule has 0 aromatic heterocycles. The van der Waals surface area contributed by atoms with Gasteiger partial charge in [0.15, 0.2) is 5.96 Å². The van der Waals surface area contributed by atoms with Gasteiger partial charge in [0.25, 0.3) is 0 Å². The molecule has 0 bridgehead atoms. The Hall–Kier alpha value is -1.08. The van der Waals surface area contributed by atoms with Crippen molar-refractivity contribution < 1.29 is 0 Å². The standard InChI is InChI=1S/C20H32N4.HI/c1-3-12-22-20(21-4-2)23-16-18-10-9-11-19(15-18)17-24-13-7-5-6-8-14-24;/h3,9-11,15H,1,4-8,12-14,16-17H2,2H3,(H2,21,22,23);1H. The van der Waals surface area contributed by atoms with E-state index in [9.17, 15) is 0 Å². The smallest absolute Gasteiger partial charge is 0.191 e. The van der Waals surface area contributed by atoms with Gasteiger partial charge < -0.3 is 10.6 Å². The van der Waals surface area contributed by atoms with Crippen molar-refractivity contribution >= 4 is 29.9 Å². The van der Waals surface area contributed by atoms with E-state index in [-0.39, 0.29) is 24.0 Å². The van der Waals surface area contributed by atoms with Gasteiger partial charge in [-0.3, -0.25) is 4.90 Å². The predicted octanol–water partition coefficient (Wildman–Crippen LogP) is 3.92. The van der Waals surface area contributed by atoms with Crippen molar-refractivity contribution in [2.45, 2.75) is 45.7 Å². The van der Waals surface area contributed by atoms with Gasteiger partial charge in [-0.2, -0.15) is 0 Å². The molecule has 1 aliphatic rings. The topological polar surface area (TPSA) is 39.7 Å². The highest BCUT2D eigenvalue weighted by Crippen LogP contribution is 2.14. The van der Waals surface area contributed by atoms with Gasteiger partial charge >= 0.3 is 0 Å². The first-order valence-electron chi connectivity index (χ1n) is 9.25. The van der Waals surface area contributed by atoms with Gasteiger partial charge in [-0.15, -0.1) is 30.6 Å². The molecule has 1 aromatic rings. The van der Waals surface area contributed by atoms with E-state index in [1.54, 1.807) is 0 Å². The van der Waals surface area contributed by atoms with Crippen LogP contribution in [-0.2, 0) is 13.1 Å². The van der Waals surface area contributed by atoms with Crippen LogP contribution in [0.5, 0.6) is 0 Å². The van der Waals surface area contributed by atoms with Gasteiger partial charge in [0.1, 0.15) is 0 Å².